The molecule has 0 amide bonds. The van der Waals surface area contributed by atoms with E-state index in [1.54, 1.807) is 12.1 Å². The molecule has 1 aliphatic carbocycles. The maximum absolute atomic E-state index is 13.6. The van der Waals surface area contributed by atoms with Gasteiger partial charge >= 0.3 is 0 Å². The number of benzene rings is 1. The number of rotatable bonds is 6. The number of anilines is 3. The molecule has 3 fully saturated rings. The Morgan fingerprint density at radius 1 is 0.921 bits per heavy atom. The molecule has 8 heteroatoms. The van der Waals surface area contributed by atoms with E-state index in [9.17, 15) is 4.39 Å². The molecule has 2 aromatic rings. The first-order chi connectivity index (χ1) is 18.5. The van der Waals surface area contributed by atoms with Crippen molar-refractivity contribution in [1.29, 1.82) is 0 Å². The second-order valence-electron chi connectivity index (χ2n) is 11.7. The summed E-state index contributed by atoms with van der Waals surface area (Å²) in [6, 6.07) is 9.22. The Bertz CT molecular complexity index is 1040. The van der Waals surface area contributed by atoms with Crippen LogP contribution in [-0.2, 0) is 5.41 Å². The highest BCUT2D eigenvalue weighted by molar-refractivity contribution is 7.80. The van der Waals surface area contributed by atoms with Crippen LogP contribution in [0.5, 0.6) is 0 Å². The van der Waals surface area contributed by atoms with Crippen LogP contribution >= 0.6 is 12.2 Å². The van der Waals surface area contributed by atoms with Crippen LogP contribution in [0.1, 0.15) is 83.1 Å². The van der Waals surface area contributed by atoms with E-state index in [0.717, 1.165) is 50.7 Å². The maximum Gasteiger partial charge on any atom is 0.232 e. The van der Waals surface area contributed by atoms with E-state index in [1.807, 2.05) is 12.1 Å². The van der Waals surface area contributed by atoms with Crippen molar-refractivity contribution in [3.63, 3.8) is 0 Å². The van der Waals surface area contributed by atoms with Crippen LogP contribution in [0.4, 0.5) is 22.0 Å². The average molecular weight is 539 g/mol. The monoisotopic (exact) mass is 538 g/mol. The smallest absolute Gasteiger partial charge is 0.232 e. The largest absolute Gasteiger partial charge is 0.361 e. The third kappa shape index (κ3) is 6.74. The van der Waals surface area contributed by atoms with Gasteiger partial charge in [0.05, 0.1) is 0 Å². The number of hydrogen-bond donors (Lipinski definition) is 2. The average Bonchev–Trinajstić information content (AvgIpc) is 3.23. The summed E-state index contributed by atoms with van der Waals surface area (Å²) < 4.78 is 13.6. The molecular formula is C30H43FN6S. The van der Waals surface area contributed by atoms with E-state index in [2.05, 4.69) is 33.4 Å². The first kappa shape index (κ1) is 27.1. The van der Waals surface area contributed by atoms with Gasteiger partial charge in [-0.3, -0.25) is 0 Å². The molecule has 1 aromatic heterocycles. The third-order valence-electron chi connectivity index (χ3n) is 8.69. The summed E-state index contributed by atoms with van der Waals surface area (Å²) in [6.07, 6.45) is 13.2. The minimum atomic E-state index is -0.190. The number of halogens is 1. The van der Waals surface area contributed by atoms with Crippen molar-refractivity contribution in [3.8, 4) is 0 Å². The van der Waals surface area contributed by atoms with Crippen LogP contribution in [0.3, 0.4) is 0 Å². The van der Waals surface area contributed by atoms with Crippen molar-refractivity contribution in [2.75, 3.05) is 47.8 Å². The highest BCUT2D eigenvalue weighted by Gasteiger charge is 2.34. The standard InChI is InChI=1S/C30H43FN6S/c1-23-10-9-19-37(21-23)27-20-26(36-17-7-2-3-8-18-36)33-28(34-27)35-29(38)32-22-30(15-5-4-6-16-30)24-11-13-25(31)14-12-24/h11-14,20,23H,2-10,15-19,21-22H2,1H3,(H2,32,33,34,35,38)/t23-/m0/s1. The van der Waals surface area contributed by atoms with Crippen LogP contribution in [0.2, 0.25) is 0 Å². The molecule has 2 aliphatic heterocycles. The first-order valence-electron chi connectivity index (χ1n) is 14.7. The van der Waals surface area contributed by atoms with Gasteiger partial charge in [0.15, 0.2) is 5.11 Å². The number of aromatic nitrogens is 2. The molecule has 0 radical (unpaired) electrons. The molecule has 1 saturated carbocycles. The third-order valence-corrected chi connectivity index (χ3v) is 8.94. The quantitative estimate of drug-likeness (QED) is 0.412. The molecular weight excluding hydrogens is 495 g/mol. The van der Waals surface area contributed by atoms with Gasteiger partial charge in [-0.05, 0) is 74.4 Å². The lowest BCUT2D eigenvalue weighted by Gasteiger charge is -2.38. The van der Waals surface area contributed by atoms with E-state index in [4.69, 9.17) is 22.2 Å². The van der Waals surface area contributed by atoms with Gasteiger partial charge in [-0.1, -0.05) is 51.2 Å². The van der Waals surface area contributed by atoms with Crippen LogP contribution in [0, 0.1) is 11.7 Å². The van der Waals surface area contributed by atoms with Gasteiger partial charge in [0, 0.05) is 44.2 Å². The lowest BCUT2D eigenvalue weighted by molar-refractivity contribution is 0.292. The Labute approximate surface area is 232 Å². The van der Waals surface area contributed by atoms with E-state index in [-0.39, 0.29) is 11.2 Å². The van der Waals surface area contributed by atoms with Gasteiger partial charge in [0.1, 0.15) is 17.5 Å². The summed E-state index contributed by atoms with van der Waals surface area (Å²) in [7, 11) is 0. The molecule has 38 heavy (non-hydrogen) atoms. The Balaban J connectivity index is 1.33. The lowest BCUT2D eigenvalue weighted by Crippen LogP contribution is -2.43. The molecule has 2 saturated heterocycles. The molecule has 3 heterocycles. The van der Waals surface area contributed by atoms with Crippen molar-refractivity contribution in [2.24, 2.45) is 5.92 Å². The fraction of sp³-hybridized carbons (Fsp3) is 0.633. The van der Waals surface area contributed by atoms with Gasteiger partial charge in [-0.25, -0.2) is 4.39 Å². The molecule has 206 valence electrons. The predicted octanol–water partition coefficient (Wildman–Crippen LogP) is 6.42. The first-order valence-corrected chi connectivity index (χ1v) is 15.1. The van der Waals surface area contributed by atoms with Gasteiger partial charge in [0.25, 0.3) is 0 Å². The number of nitrogens with one attached hydrogen (secondary N) is 2. The van der Waals surface area contributed by atoms with Crippen molar-refractivity contribution in [1.82, 2.24) is 15.3 Å². The predicted molar refractivity (Wildman–Crippen MR) is 159 cm³/mol. The van der Waals surface area contributed by atoms with Crippen LogP contribution < -0.4 is 20.4 Å². The van der Waals surface area contributed by atoms with Crippen molar-refractivity contribution >= 4 is 34.9 Å². The molecule has 2 N–H and O–H groups in total. The SMILES string of the molecule is C[C@H]1CCCN(c2cc(N3CCCCCC3)nc(NC(=S)NCC3(c4ccc(F)cc4)CCCCC3)n2)C1. The summed E-state index contributed by atoms with van der Waals surface area (Å²) in [5.41, 5.74) is 1.15. The van der Waals surface area contributed by atoms with E-state index in [0.29, 0.717) is 23.5 Å². The fourth-order valence-corrected chi connectivity index (χ4v) is 6.66. The number of nitrogens with zero attached hydrogens (tertiary/aromatic N) is 4. The zero-order chi connectivity index (χ0) is 26.4. The Morgan fingerprint density at radius 3 is 2.24 bits per heavy atom. The summed E-state index contributed by atoms with van der Waals surface area (Å²) in [5, 5.41) is 7.36. The zero-order valence-electron chi connectivity index (χ0n) is 22.9. The van der Waals surface area contributed by atoms with Gasteiger partial charge < -0.3 is 20.4 Å². The highest BCUT2D eigenvalue weighted by atomic mass is 32.1. The lowest BCUT2D eigenvalue weighted by atomic mass is 9.69. The topological polar surface area (TPSA) is 56.3 Å². The number of thiocarbonyl (C=S) groups is 1. The summed E-state index contributed by atoms with van der Waals surface area (Å²) in [5.74, 6) is 3.03. The minimum absolute atomic E-state index is 0.0401. The Hall–Kier alpha value is -2.48. The molecule has 0 unspecified atom stereocenters. The van der Waals surface area contributed by atoms with Crippen LogP contribution in [-0.4, -0.2) is 47.8 Å². The van der Waals surface area contributed by atoms with E-state index in [1.165, 1.54) is 63.4 Å². The Morgan fingerprint density at radius 2 is 1.55 bits per heavy atom. The number of piperidine rings is 1. The minimum Gasteiger partial charge on any atom is -0.361 e. The second-order valence-corrected chi connectivity index (χ2v) is 12.1. The van der Waals surface area contributed by atoms with E-state index >= 15 is 0 Å². The number of hydrogen-bond acceptors (Lipinski definition) is 5. The van der Waals surface area contributed by atoms with Crippen molar-refractivity contribution in [3.05, 3.63) is 41.7 Å². The van der Waals surface area contributed by atoms with Gasteiger partial charge in [-0.2, -0.15) is 9.97 Å². The van der Waals surface area contributed by atoms with E-state index < -0.39 is 0 Å². The van der Waals surface area contributed by atoms with Gasteiger partial charge in [0.2, 0.25) is 5.95 Å². The van der Waals surface area contributed by atoms with Gasteiger partial charge in [-0.15, -0.1) is 0 Å². The maximum atomic E-state index is 13.6. The molecule has 0 spiro atoms. The fourth-order valence-electron chi connectivity index (χ4n) is 6.49. The van der Waals surface area contributed by atoms with Crippen molar-refractivity contribution < 1.29 is 4.39 Å². The van der Waals surface area contributed by atoms with Crippen LogP contribution in [0.15, 0.2) is 30.3 Å². The summed E-state index contributed by atoms with van der Waals surface area (Å²) >= 11 is 5.78. The molecule has 1 atom stereocenters. The Kier molecular flexibility index (Phi) is 8.97. The summed E-state index contributed by atoms with van der Waals surface area (Å²) in [6.45, 7) is 7.17. The molecule has 6 nitrogen and oxygen atoms in total. The molecule has 5 rings (SSSR count). The van der Waals surface area contributed by atoms with Crippen LogP contribution in [0.25, 0.3) is 0 Å². The zero-order valence-corrected chi connectivity index (χ0v) is 23.7. The normalized spacial score (nSPS) is 22.0. The highest BCUT2D eigenvalue weighted by Crippen LogP contribution is 2.39. The molecule has 0 bridgehead atoms. The second kappa shape index (κ2) is 12.6. The summed E-state index contributed by atoms with van der Waals surface area (Å²) in [4.78, 5) is 14.7. The molecule has 1 aromatic carbocycles. The molecule has 3 aliphatic rings. The van der Waals surface area contributed by atoms with Crippen molar-refractivity contribution in [2.45, 2.75) is 83.0 Å².